The zero-order valence-electron chi connectivity index (χ0n) is 71.8. The van der Waals surface area contributed by atoms with Crippen LogP contribution in [-0.2, 0) is 47.9 Å². The number of thiophene rings is 10. The van der Waals surface area contributed by atoms with E-state index in [9.17, 15) is 47.9 Å². The van der Waals surface area contributed by atoms with Crippen molar-refractivity contribution in [2.24, 2.45) is 0 Å². The third-order valence-corrected chi connectivity index (χ3v) is 42.5. The Morgan fingerprint density at radius 1 is 0.197 bits per heavy atom. The van der Waals surface area contributed by atoms with Crippen molar-refractivity contribution in [2.45, 2.75) is 41.5 Å². The molecule has 0 N–H and O–H groups in total. The fourth-order valence-electron chi connectivity index (χ4n) is 19.4. The van der Waals surface area contributed by atoms with Crippen LogP contribution in [0.3, 0.4) is 0 Å². The van der Waals surface area contributed by atoms with Gasteiger partial charge in [0.05, 0.1) is 28.6 Å². The Balaban J connectivity index is 0.000000113. The lowest BCUT2D eigenvalue weighted by Gasteiger charge is -2.33. The van der Waals surface area contributed by atoms with Crippen LogP contribution >= 0.6 is 210 Å². The first kappa shape index (κ1) is 86.2. The number of fused-ring (bicyclic) bond motifs is 26. The molecule has 6 fully saturated rings. The third kappa shape index (κ3) is 11.7. The van der Waals surface area contributed by atoms with Gasteiger partial charge in [0.2, 0.25) is 0 Å². The maximum atomic E-state index is 14.0. The fraction of sp³-hybridized carbons (Fsp3) is 0.170. The molecule has 0 saturated carbocycles. The maximum Gasteiger partial charge on any atom is 0.266 e. The molecule has 6 saturated heterocycles. The van der Waals surface area contributed by atoms with Gasteiger partial charge in [0.25, 0.3) is 59.1 Å². The number of nitrogens with zero attached hydrogens (tertiary/aromatic N) is 10. The van der Waals surface area contributed by atoms with E-state index in [2.05, 4.69) is 62.4 Å². The van der Waals surface area contributed by atoms with Crippen molar-refractivity contribution in [1.29, 1.82) is 0 Å². The molecule has 25 rings (SSSR count). The first-order valence-electron chi connectivity index (χ1n) is 40.5. The van der Waals surface area contributed by atoms with Crippen LogP contribution in [0.15, 0.2) is 105 Å². The van der Waals surface area contributed by atoms with E-state index < -0.39 is 47.3 Å². The van der Waals surface area contributed by atoms with Gasteiger partial charge in [-0.15, -0.1) is 113 Å². The van der Waals surface area contributed by atoms with Gasteiger partial charge in [-0.1, -0.05) is 48.0 Å². The van der Waals surface area contributed by atoms with Crippen LogP contribution in [0.5, 0.6) is 0 Å². The maximum absolute atomic E-state index is 14.0. The highest BCUT2D eigenvalue weighted by molar-refractivity contribution is 8.27. The number of rotatable bonds is 0. The summed E-state index contributed by atoms with van der Waals surface area (Å²) in [6.07, 6.45) is 0. The molecule has 0 unspecified atom stereocenters. The SMILES string of the molecule is Cc1cc2c(s1)-c1cc3c(cc1C2=C1C(=O)N(C)C(=S)N(C)C1=O)-c1sc(C)cc1C3=C1C(=O)N(C)C(=S)N(C)C1=O.Cc1cc2sc3c(c2s1)/C(=C1/SC(=S)N(C)C1=O)c1cc2c(cc1-3)/C(=C1\SC(=S)N(C)C1=O)c1c-2sc2cc(C)sc12.Cc1cc2sc3c(c2s1)C(=C1C(=O)N(C)C(=S)N(C)C1=O)c1cc2c(cc1-3)C(=C1C(=O)N(C)C(=S)N(C)C1=O)c1c-2sc2cc(C)sc12. The second-order valence-electron chi connectivity index (χ2n) is 33.4. The molecule has 10 amide bonds. The number of benzene rings is 3. The molecule has 12 aliphatic rings. The predicted molar refractivity (Wildman–Crippen MR) is 564 cm³/mol. The molecule has 20 nitrogen and oxygen atoms in total. The second kappa shape index (κ2) is 29.8. The molecular formula is C94H60N10O10S18. The molecule has 6 aliphatic carbocycles. The summed E-state index contributed by atoms with van der Waals surface area (Å²) < 4.78 is 10.3. The molecule has 38 heteroatoms. The Morgan fingerprint density at radius 2 is 0.402 bits per heavy atom. The normalized spacial score (nSPS) is 18.9. The van der Waals surface area contributed by atoms with Gasteiger partial charge in [0.1, 0.15) is 30.9 Å². The quantitative estimate of drug-likeness (QED) is 0.0787. The Morgan fingerprint density at radius 3 is 0.636 bits per heavy atom. The van der Waals surface area contributed by atoms with Crippen molar-refractivity contribution in [1.82, 2.24) is 49.0 Å². The highest BCUT2D eigenvalue weighted by atomic mass is 32.2. The summed E-state index contributed by atoms with van der Waals surface area (Å²) in [6.45, 7) is 12.3. The van der Waals surface area contributed by atoms with E-state index in [1.54, 1.807) is 194 Å². The lowest BCUT2D eigenvalue weighted by atomic mass is 9.91. The van der Waals surface area contributed by atoms with Crippen LogP contribution in [0.4, 0.5) is 0 Å². The largest absolute Gasteiger partial charge is 0.296 e. The standard InChI is InChI=1S/C34H22N4O4S6.C30H22N4O4S4.C30H16N2O2S8/c1-11-7-17-27(45-11)21-19(23-29(39)35(3)33(43)36(4)30(23)40)13-9-16-14(10-15(13)25(21)47-17)20(22-26(16)48-18-8-12(2)46-28(18)22)24-31(41)37(5)34(44)38(6)32(24)42;1-11-7-17-19(21-25(35)31(3)29(39)32(4)26(21)36)13-10-16-14(9-15(13)23(17)41-11)20(18-8-12(2)42-24(16)18)22-27(37)33(5)30(40)34(6)28(22)38;1-9-5-15-23(37-9)19-17(25-27(33)31(3)29(35)41-25)11-7-14-12(8-13(11)21(19)39-15)18(26-28(34)32(4)30(36)42-26)20-22(14)40-16-6-10(2)38-24(16)20/h7-10H,1-6H3;7-10H,1-6H3;5-8H,1-4H3/b;;25-17+,26-18+. The van der Waals surface area contributed by atoms with E-state index in [1.165, 1.54) is 101 Å². The van der Waals surface area contributed by atoms with E-state index in [0.717, 1.165) is 169 Å². The minimum absolute atomic E-state index is 0.0490. The van der Waals surface area contributed by atoms with Gasteiger partial charge >= 0.3 is 0 Å². The molecule has 0 spiro atoms. The van der Waals surface area contributed by atoms with Crippen LogP contribution in [0.2, 0.25) is 0 Å². The molecule has 13 aromatic rings. The van der Waals surface area contributed by atoms with Crippen molar-refractivity contribution in [3.63, 3.8) is 0 Å². The van der Waals surface area contributed by atoms with E-state index in [-0.39, 0.29) is 54.6 Å². The Hall–Kier alpha value is -9.92. The highest BCUT2D eigenvalue weighted by Gasteiger charge is 2.51. The van der Waals surface area contributed by atoms with Crippen LogP contribution in [0.1, 0.15) is 96.0 Å². The van der Waals surface area contributed by atoms with Gasteiger partial charge in [0, 0.05) is 248 Å². The fourth-order valence-corrected chi connectivity index (χ4v) is 35.0. The van der Waals surface area contributed by atoms with Crippen LogP contribution in [0, 0.1) is 41.5 Å². The predicted octanol–water partition coefficient (Wildman–Crippen LogP) is 20.6. The summed E-state index contributed by atoms with van der Waals surface area (Å²) >= 11 is 52.3. The number of hydrogen-bond donors (Lipinski definition) is 0. The average Bonchev–Trinajstić information content (AvgIpc) is 1.54. The molecule has 0 bridgehead atoms. The van der Waals surface area contributed by atoms with Gasteiger partial charge < -0.3 is 0 Å². The Bertz CT molecular complexity index is 7790. The second-order valence-corrected chi connectivity index (χ2v) is 49.9. The van der Waals surface area contributed by atoms with Gasteiger partial charge in [-0.25, -0.2) is 0 Å². The van der Waals surface area contributed by atoms with E-state index in [1.807, 2.05) is 52.0 Å². The number of carbonyl (C=O) groups is 10. The van der Waals surface area contributed by atoms with Crippen LogP contribution < -0.4 is 0 Å². The minimum atomic E-state index is -0.447. The summed E-state index contributed by atoms with van der Waals surface area (Å²) in [7, 11) is 16.2. The first-order valence-corrected chi connectivity index (χ1v) is 52.8. The molecule has 654 valence electrons. The number of thiocarbonyl (C=S) groups is 6. The summed E-state index contributed by atoms with van der Waals surface area (Å²) in [4.78, 5) is 166. The topological polar surface area (TPSA) is 203 Å². The van der Waals surface area contributed by atoms with Crippen molar-refractivity contribution in [2.75, 3.05) is 70.5 Å². The van der Waals surface area contributed by atoms with Crippen LogP contribution in [0.25, 0.3) is 134 Å². The van der Waals surface area contributed by atoms with Crippen molar-refractivity contribution < 1.29 is 47.9 Å². The van der Waals surface area contributed by atoms with Crippen molar-refractivity contribution in [3.05, 3.63) is 201 Å². The Kier molecular flexibility index (Phi) is 19.5. The monoisotopic (exact) mass is 2060 g/mol. The lowest BCUT2D eigenvalue weighted by molar-refractivity contribution is -0.134. The van der Waals surface area contributed by atoms with E-state index in [0.29, 0.717) is 40.7 Å². The molecule has 6 aliphatic heterocycles. The lowest BCUT2D eigenvalue weighted by Crippen LogP contribution is -2.53. The first-order chi connectivity index (χ1) is 62.7. The number of likely N-dealkylation sites (N-methyl/N-ethyl adjacent to an activating group) is 10. The number of hydrogen-bond acceptors (Lipinski definition) is 28. The average molecular weight is 2070 g/mol. The molecule has 132 heavy (non-hydrogen) atoms. The zero-order chi connectivity index (χ0) is 92.8. The summed E-state index contributed by atoms with van der Waals surface area (Å²) in [6, 6.07) is 25.4. The highest BCUT2D eigenvalue weighted by Crippen LogP contribution is 2.66. The van der Waals surface area contributed by atoms with Crippen molar-refractivity contribution >= 4 is 369 Å². The molecule has 10 aromatic heterocycles. The molecule has 0 radical (unpaired) electrons. The minimum Gasteiger partial charge on any atom is -0.296 e. The van der Waals surface area contributed by atoms with Crippen LogP contribution in [-0.4, -0.2) is 208 Å². The zero-order valence-corrected chi connectivity index (χ0v) is 86.5. The molecule has 0 atom stereocenters. The number of aryl methyl sites for hydroxylation is 6. The van der Waals surface area contributed by atoms with Gasteiger partial charge in [0.15, 0.2) is 20.4 Å². The molecular weight excluding hydrogens is 2010 g/mol. The number of amides is 10. The smallest absolute Gasteiger partial charge is 0.266 e. The Labute approximate surface area is 832 Å². The van der Waals surface area contributed by atoms with Crippen molar-refractivity contribution in [3.8, 4) is 62.6 Å². The summed E-state index contributed by atoms with van der Waals surface area (Å²) in [5.74, 6) is -3.66. The molecule has 3 aromatic carbocycles. The van der Waals surface area contributed by atoms with E-state index in [4.69, 9.17) is 73.3 Å². The third-order valence-electron chi connectivity index (χ3n) is 25.6. The summed E-state index contributed by atoms with van der Waals surface area (Å²) in [5, 5.41) is 0.592. The molecule has 16 heterocycles. The van der Waals surface area contributed by atoms with Gasteiger partial charge in [-0.3, -0.25) is 96.9 Å². The number of thioether (sulfide) groups is 2. The van der Waals surface area contributed by atoms with Gasteiger partial charge in [-0.05, 0) is 197 Å². The van der Waals surface area contributed by atoms with Gasteiger partial charge in [-0.2, -0.15) is 0 Å². The number of carbonyl (C=O) groups excluding carboxylic acids is 10. The summed E-state index contributed by atoms with van der Waals surface area (Å²) in [5.41, 5.74) is 21.1. The van der Waals surface area contributed by atoms with E-state index >= 15 is 0 Å².